The molecule has 1 saturated heterocycles. The fourth-order valence-corrected chi connectivity index (χ4v) is 2.87. The van der Waals surface area contributed by atoms with E-state index in [1.807, 2.05) is 4.90 Å². The number of likely N-dealkylation sites (tertiary alicyclic amines) is 1. The maximum Gasteiger partial charge on any atom is 0.310 e. The predicted molar refractivity (Wildman–Crippen MR) is 90.9 cm³/mol. The molecule has 0 bridgehead atoms. The topological polar surface area (TPSA) is 75.7 Å². The highest BCUT2D eigenvalue weighted by Gasteiger charge is 2.27. The average molecular weight is 332 g/mol. The normalized spacial score (nSPS) is 18.0. The molecular formula is C18H24N2O4. The molecule has 0 saturated carbocycles. The van der Waals surface area contributed by atoms with Gasteiger partial charge in [-0.2, -0.15) is 0 Å². The van der Waals surface area contributed by atoms with Gasteiger partial charge in [-0.05, 0) is 45.4 Å². The Bertz CT molecular complexity index is 615. The Morgan fingerprint density at radius 2 is 2.12 bits per heavy atom. The van der Waals surface area contributed by atoms with E-state index in [-0.39, 0.29) is 30.1 Å². The third kappa shape index (κ3) is 5.16. The van der Waals surface area contributed by atoms with Crippen molar-refractivity contribution >= 4 is 23.3 Å². The fourth-order valence-electron chi connectivity index (χ4n) is 2.87. The van der Waals surface area contributed by atoms with E-state index in [0.29, 0.717) is 24.4 Å². The highest BCUT2D eigenvalue weighted by Crippen LogP contribution is 2.18. The number of anilines is 1. The van der Waals surface area contributed by atoms with Gasteiger partial charge in [0.15, 0.2) is 5.78 Å². The summed E-state index contributed by atoms with van der Waals surface area (Å²) in [4.78, 5) is 37.4. The van der Waals surface area contributed by atoms with E-state index in [2.05, 4.69) is 5.32 Å². The van der Waals surface area contributed by atoms with Crippen LogP contribution in [0.4, 0.5) is 5.69 Å². The van der Waals surface area contributed by atoms with Gasteiger partial charge in [-0.15, -0.1) is 0 Å². The van der Waals surface area contributed by atoms with E-state index in [4.69, 9.17) is 4.74 Å². The summed E-state index contributed by atoms with van der Waals surface area (Å²) >= 11 is 0. The van der Waals surface area contributed by atoms with Gasteiger partial charge < -0.3 is 10.1 Å². The molecule has 2 rings (SSSR count). The zero-order valence-corrected chi connectivity index (χ0v) is 14.2. The lowest BCUT2D eigenvalue weighted by Crippen LogP contribution is -2.43. The number of esters is 1. The second kappa shape index (κ2) is 8.59. The summed E-state index contributed by atoms with van der Waals surface area (Å²) in [6.07, 6.45) is 1.67. The van der Waals surface area contributed by atoms with Crippen LogP contribution in [0.25, 0.3) is 0 Å². The Kier molecular flexibility index (Phi) is 6.49. The van der Waals surface area contributed by atoms with Crippen LogP contribution in [0.15, 0.2) is 24.3 Å². The van der Waals surface area contributed by atoms with Crippen molar-refractivity contribution in [2.75, 3.05) is 31.6 Å². The van der Waals surface area contributed by atoms with E-state index in [1.54, 1.807) is 31.2 Å². The van der Waals surface area contributed by atoms with Crippen LogP contribution in [0.2, 0.25) is 0 Å². The van der Waals surface area contributed by atoms with Crippen molar-refractivity contribution in [3.05, 3.63) is 29.8 Å². The van der Waals surface area contributed by atoms with Crippen LogP contribution in [0.5, 0.6) is 0 Å². The number of carbonyl (C=O) groups is 3. The number of rotatable bonds is 6. The lowest BCUT2D eigenvalue weighted by atomic mass is 9.98. The molecule has 1 fully saturated rings. The number of Topliss-reactive ketones (excluding diaryl/α,β-unsaturated/α-hetero) is 1. The van der Waals surface area contributed by atoms with E-state index in [0.717, 1.165) is 19.4 Å². The molecule has 0 spiro atoms. The molecular weight excluding hydrogens is 308 g/mol. The van der Waals surface area contributed by atoms with E-state index in [9.17, 15) is 14.4 Å². The number of piperidine rings is 1. The summed E-state index contributed by atoms with van der Waals surface area (Å²) in [5, 5.41) is 2.80. The van der Waals surface area contributed by atoms with Crippen molar-refractivity contribution in [3.63, 3.8) is 0 Å². The number of ketones is 1. The molecule has 130 valence electrons. The highest BCUT2D eigenvalue weighted by molar-refractivity contribution is 5.97. The number of hydrogen-bond donors (Lipinski definition) is 1. The lowest BCUT2D eigenvalue weighted by Gasteiger charge is -2.30. The summed E-state index contributed by atoms with van der Waals surface area (Å²) in [5.74, 6) is -0.538. The summed E-state index contributed by atoms with van der Waals surface area (Å²) in [7, 11) is 0. The Labute approximate surface area is 142 Å². The lowest BCUT2D eigenvalue weighted by molar-refractivity contribution is -0.150. The number of nitrogens with zero attached hydrogens (tertiary/aromatic N) is 1. The van der Waals surface area contributed by atoms with Crippen LogP contribution in [-0.4, -0.2) is 48.8 Å². The molecule has 0 radical (unpaired) electrons. The van der Waals surface area contributed by atoms with Crippen LogP contribution in [0.3, 0.4) is 0 Å². The van der Waals surface area contributed by atoms with Crippen molar-refractivity contribution in [3.8, 4) is 0 Å². The van der Waals surface area contributed by atoms with E-state index in [1.165, 1.54) is 6.92 Å². The van der Waals surface area contributed by atoms with E-state index >= 15 is 0 Å². The SMILES string of the molecule is CCOC(=O)[C@H]1CCCN(CC(=O)Nc2cccc(C(C)=O)c2)C1. The summed E-state index contributed by atoms with van der Waals surface area (Å²) in [6.45, 7) is 5.21. The van der Waals surface area contributed by atoms with Gasteiger partial charge in [0, 0.05) is 17.8 Å². The first kappa shape index (κ1) is 18.1. The molecule has 1 aliphatic heterocycles. The summed E-state index contributed by atoms with van der Waals surface area (Å²) in [5.41, 5.74) is 1.17. The van der Waals surface area contributed by atoms with Gasteiger partial charge in [0.25, 0.3) is 0 Å². The van der Waals surface area contributed by atoms with Crippen LogP contribution in [0.1, 0.15) is 37.0 Å². The first-order chi connectivity index (χ1) is 11.5. The van der Waals surface area contributed by atoms with Crippen molar-refractivity contribution < 1.29 is 19.1 Å². The maximum atomic E-state index is 12.2. The molecule has 1 amide bonds. The summed E-state index contributed by atoms with van der Waals surface area (Å²) < 4.78 is 5.07. The Balaban J connectivity index is 1.89. The first-order valence-electron chi connectivity index (χ1n) is 8.29. The van der Waals surface area contributed by atoms with Gasteiger partial charge in [0.05, 0.1) is 19.1 Å². The number of carbonyl (C=O) groups excluding carboxylic acids is 3. The molecule has 1 heterocycles. The summed E-state index contributed by atoms with van der Waals surface area (Å²) in [6, 6.07) is 6.87. The van der Waals surface area contributed by atoms with Crippen LogP contribution in [-0.2, 0) is 14.3 Å². The number of hydrogen-bond acceptors (Lipinski definition) is 5. The van der Waals surface area contributed by atoms with Crippen LogP contribution < -0.4 is 5.32 Å². The molecule has 0 unspecified atom stereocenters. The quantitative estimate of drug-likeness (QED) is 0.638. The molecule has 0 aromatic heterocycles. The van der Waals surface area contributed by atoms with Gasteiger partial charge in [0.1, 0.15) is 0 Å². The smallest absolute Gasteiger partial charge is 0.310 e. The largest absolute Gasteiger partial charge is 0.466 e. The second-order valence-corrected chi connectivity index (χ2v) is 6.01. The first-order valence-corrected chi connectivity index (χ1v) is 8.29. The zero-order chi connectivity index (χ0) is 17.5. The van der Waals surface area contributed by atoms with E-state index < -0.39 is 0 Å². The third-order valence-electron chi connectivity index (χ3n) is 4.05. The molecule has 6 nitrogen and oxygen atoms in total. The standard InChI is InChI=1S/C18H24N2O4/c1-3-24-18(23)15-7-5-9-20(11-15)12-17(22)19-16-8-4-6-14(10-16)13(2)21/h4,6,8,10,15H,3,5,7,9,11-12H2,1-2H3,(H,19,22)/t15-/m0/s1. The van der Waals surface area contributed by atoms with Crippen molar-refractivity contribution in [2.45, 2.75) is 26.7 Å². The minimum absolute atomic E-state index is 0.0422. The van der Waals surface area contributed by atoms with Crippen molar-refractivity contribution in [1.29, 1.82) is 0 Å². The predicted octanol–water partition coefficient (Wildman–Crippen LogP) is 2.10. The minimum atomic E-state index is -0.184. The highest BCUT2D eigenvalue weighted by atomic mass is 16.5. The van der Waals surface area contributed by atoms with Gasteiger partial charge >= 0.3 is 5.97 Å². The molecule has 1 aromatic carbocycles. The number of amides is 1. The van der Waals surface area contributed by atoms with Gasteiger partial charge in [-0.25, -0.2) is 0 Å². The third-order valence-corrected chi connectivity index (χ3v) is 4.05. The maximum absolute atomic E-state index is 12.2. The number of nitrogens with one attached hydrogen (secondary N) is 1. The molecule has 24 heavy (non-hydrogen) atoms. The molecule has 1 atom stereocenters. The molecule has 6 heteroatoms. The zero-order valence-electron chi connectivity index (χ0n) is 14.2. The van der Waals surface area contributed by atoms with Crippen molar-refractivity contribution in [1.82, 2.24) is 4.90 Å². The number of ether oxygens (including phenoxy) is 1. The van der Waals surface area contributed by atoms with Gasteiger partial charge in [0.2, 0.25) is 5.91 Å². The average Bonchev–Trinajstić information content (AvgIpc) is 2.55. The second-order valence-electron chi connectivity index (χ2n) is 6.01. The van der Waals surface area contributed by atoms with Crippen LogP contribution >= 0.6 is 0 Å². The van der Waals surface area contributed by atoms with Gasteiger partial charge in [-0.3, -0.25) is 19.3 Å². The van der Waals surface area contributed by atoms with Gasteiger partial charge in [-0.1, -0.05) is 12.1 Å². The minimum Gasteiger partial charge on any atom is -0.466 e. The van der Waals surface area contributed by atoms with Crippen molar-refractivity contribution in [2.24, 2.45) is 5.92 Å². The molecule has 1 aromatic rings. The molecule has 1 N–H and O–H groups in total. The molecule has 1 aliphatic rings. The van der Waals surface area contributed by atoms with Crippen LogP contribution in [0, 0.1) is 5.92 Å². The Morgan fingerprint density at radius 3 is 2.83 bits per heavy atom. The fraction of sp³-hybridized carbons (Fsp3) is 0.500. The Morgan fingerprint density at radius 1 is 1.33 bits per heavy atom. The monoisotopic (exact) mass is 332 g/mol. The number of benzene rings is 1. The molecule has 0 aliphatic carbocycles. The Hall–Kier alpha value is -2.21.